The van der Waals surface area contributed by atoms with Crippen molar-refractivity contribution in [3.05, 3.63) is 53.1 Å². The van der Waals surface area contributed by atoms with E-state index < -0.39 is 15.9 Å². The molecule has 110 valence electrons. The van der Waals surface area contributed by atoms with Crippen LogP contribution in [0, 0.1) is 0 Å². The molecule has 0 aliphatic rings. The average molecular weight is 326 g/mol. The van der Waals surface area contributed by atoms with E-state index in [0.29, 0.717) is 5.69 Å². The molecule has 5 N–H and O–H groups in total. The van der Waals surface area contributed by atoms with E-state index in [4.69, 9.17) is 22.5 Å². The molecule has 0 radical (unpaired) electrons. The molecule has 8 heteroatoms. The Kier molecular flexibility index (Phi) is 4.17. The number of halogens is 1. The van der Waals surface area contributed by atoms with Gasteiger partial charge in [-0.05, 0) is 30.3 Å². The molecule has 0 saturated heterocycles. The highest BCUT2D eigenvalue weighted by Crippen LogP contribution is 2.23. The Morgan fingerprint density at radius 2 is 1.81 bits per heavy atom. The van der Waals surface area contributed by atoms with Gasteiger partial charge in [0.15, 0.2) is 0 Å². The smallest absolute Gasteiger partial charge is 0.257 e. The number of sulfonamides is 1. The number of benzene rings is 2. The van der Waals surface area contributed by atoms with E-state index >= 15 is 0 Å². The molecule has 0 aromatic heterocycles. The second-order valence-corrected chi connectivity index (χ2v) is 6.17. The second kappa shape index (κ2) is 5.72. The highest BCUT2D eigenvalue weighted by molar-refractivity contribution is 7.89. The number of hydrogen-bond donors (Lipinski definition) is 3. The third-order valence-electron chi connectivity index (χ3n) is 2.68. The molecule has 0 bridgehead atoms. The zero-order valence-electron chi connectivity index (χ0n) is 10.7. The predicted octanol–water partition coefficient (Wildman–Crippen LogP) is 1.82. The lowest BCUT2D eigenvalue weighted by Gasteiger charge is -2.10. The van der Waals surface area contributed by atoms with Crippen molar-refractivity contribution in [1.29, 1.82) is 0 Å². The van der Waals surface area contributed by atoms with E-state index in [1.54, 1.807) is 12.1 Å². The van der Waals surface area contributed by atoms with Crippen LogP contribution in [0.5, 0.6) is 0 Å². The molecule has 0 unspecified atom stereocenters. The van der Waals surface area contributed by atoms with Gasteiger partial charge in [0.1, 0.15) is 4.90 Å². The molecule has 0 spiro atoms. The van der Waals surface area contributed by atoms with Crippen LogP contribution < -0.4 is 16.2 Å². The zero-order chi connectivity index (χ0) is 15.6. The number of carbonyl (C=O) groups is 1. The fourth-order valence-electron chi connectivity index (χ4n) is 1.72. The van der Waals surface area contributed by atoms with Gasteiger partial charge < -0.3 is 11.1 Å². The van der Waals surface area contributed by atoms with E-state index in [1.807, 2.05) is 0 Å². The molecule has 2 aromatic rings. The largest absolute Gasteiger partial charge is 0.399 e. The van der Waals surface area contributed by atoms with Crippen LogP contribution in [0.3, 0.4) is 0 Å². The number of nitrogens with one attached hydrogen (secondary N) is 1. The van der Waals surface area contributed by atoms with Gasteiger partial charge in [0.25, 0.3) is 5.91 Å². The lowest BCUT2D eigenvalue weighted by atomic mass is 10.2. The van der Waals surface area contributed by atoms with Crippen LogP contribution in [-0.4, -0.2) is 14.3 Å². The van der Waals surface area contributed by atoms with Crippen LogP contribution in [0.15, 0.2) is 47.4 Å². The molecular weight excluding hydrogens is 314 g/mol. The molecule has 6 nitrogen and oxygen atoms in total. The SMILES string of the molecule is Nc1ccc(Cl)c(C(=O)Nc2ccccc2S(N)(=O)=O)c1. The lowest BCUT2D eigenvalue weighted by Crippen LogP contribution is -2.18. The van der Waals surface area contributed by atoms with E-state index in [9.17, 15) is 13.2 Å². The van der Waals surface area contributed by atoms with E-state index in [-0.39, 0.29) is 21.2 Å². The molecule has 1 amide bonds. The van der Waals surface area contributed by atoms with Crippen molar-refractivity contribution in [2.75, 3.05) is 11.1 Å². The van der Waals surface area contributed by atoms with Gasteiger partial charge in [-0.15, -0.1) is 0 Å². The molecule has 0 heterocycles. The second-order valence-electron chi connectivity index (χ2n) is 4.23. The van der Waals surface area contributed by atoms with Crippen LogP contribution in [0.25, 0.3) is 0 Å². The standard InChI is InChI=1S/C13H12ClN3O3S/c14-10-6-5-8(15)7-9(10)13(18)17-11-3-1-2-4-12(11)21(16,19)20/h1-7H,15H2,(H,17,18)(H2,16,19,20). The monoisotopic (exact) mass is 325 g/mol. The number of nitrogen functional groups attached to an aromatic ring is 1. The van der Waals surface area contributed by atoms with Gasteiger partial charge >= 0.3 is 0 Å². The summed E-state index contributed by atoms with van der Waals surface area (Å²) in [6.07, 6.45) is 0. The van der Waals surface area contributed by atoms with Crippen LogP contribution in [0.2, 0.25) is 5.02 Å². The molecule has 0 aliphatic carbocycles. The maximum Gasteiger partial charge on any atom is 0.257 e. The first-order valence-corrected chi connectivity index (χ1v) is 7.69. The highest BCUT2D eigenvalue weighted by atomic mass is 35.5. The minimum Gasteiger partial charge on any atom is -0.399 e. The van der Waals surface area contributed by atoms with Crippen molar-refractivity contribution in [3.8, 4) is 0 Å². The maximum absolute atomic E-state index is 12.2. The number of anilines is 2. The summed E-state index contributed by atoms with van der Waals surface area (Å²) in [5.41, 5.74) is 6.18. The van der Waals surface area contributed by atoms with Gasteiger partial charge in [0.2, 0.25) is 10.0 Å². The van der Waals surface area contributed by atoms with Crippen molar-refractivity contribution >= 4 is 38.9 Å². The predicted molar refractivity (Wildman–Crippen MR) is 81.6 cm³/mol. The normalized spacial score (nSPS) is 11.1. The number of carbonyl (C=O) groups excluding carboxylic acids is 1. The van der Waals surface area contributed by atoms with Gasteiger partial charge in [-0.1, -0.05) is 23.7 Å². The third kappa shape index (κ3) is 3.52. The summed E-state index contributed by atoms with van der Waals surface area (Å²) in [7, 11) is -3.95. The summed E-state index contributed by atoms with van der Waals surface area (Å²) >= 11 is 5.93. The van der Waals surface area contributed by atoms with Gasteiger partial charge in [-0.3, -0.25) is 4.79 Å². The topological polar surface area (TPSA) is 115 Å². The van der Waals surface area contributed by atoms with Gasteiger partial charge in [0, 0.05) is 5.69 Å². The van der Waals surface area contributed by atoms with Crippen LogP contribution in [0.1, 0.15) is 10.4 Å². The van der Waals surface area contributed by atoms with Crippen LogP contribution >= 0.6 is 11.6 Å². The lowest BCUT2D eigenvalue weighted by molar-refractivity contribution is 0.102. The van der Waals surface area contributed by atoms with Gasteiger partial charge in [-0.25, -0.2) is 13.6 Å². The first kappa shape index (κ1) is 15.3. The Morgan fingerprint density at radius 3 is 2.48 bits per heavy atom. The number of primary sulfonamides is 1. The van der Waals surface area contributed by atoms with Crippen molar-refractivity contribution in [3.63, 3.8) is 0 Å². The number of nitrogens with two attached hydrogens (primary N) is 2. The summed E-state index contributed by atoms with van der Waals surface area (Å²) < 4.78 is 22.9. The number of rotatable bonds is 3. The Morgan fingerprint density at radius 1 is 1.14 bits per heavy atom. The van der Waals surface area contributed by atoms with E-state index in [2.05, 4.69) is 5.32 Å². The third-order valence-corrected chi connectivity index (χ3v) is 3.98. The molecule has 0 saturated carbocycles. The fourth-order valence-corrected chi connectivity index (χ4v) is 2.62. The first-order chi connectivity index (χ1) is 9.79. The zero-order valence-corrected chi connectivity index (χ0v) is 12.3. The minimum atomic E-state index is -3.95. The number of amides is 1. The maximum atomic E-state index is 12.2. The Labute approximate surface area is 126 Å². The highest BCUT2D eigenvalue weighted by Gasteiger charge is 2.17. The van der Waals surface area contributed by atoms with Crippen molar-refractivity contribution in [2.24, 2.45) is 5.14 Å². The number of hydrogen-bond acceptors (Lipinski definition) is 4. The summed E-state index contributed by atoms with van der Waals surface area (Å²) in [5, 5.41) is 7.77. The molecule has 0 aliphatic heterocycles. The average Bonchev–Trinajstić information content (AvgIpc) is 2.41. The Balaban J connectivity index is 2.39. The minimum absolute atomic E-state index is 0.0727. The summed E-state index contributed by atoms with van der Waals surface area (Å²) in [4.78, 5) is 12.0. The number of para-hydroxylation sites is 1. The van der Waals surface area contributed by atoms with E-state index in [1.165, 1.54) is 30.3 Å². The van der Waals surface area contributed by atoms with E-state index in [0.717, 1.165) is 0 Å². The van der Waals surface area contributed by atoms with Crippen molar-refractivity contribution in [1.82, 2.24) is 0 Å². The van der Waals surface area contributed by atoms with Crippen molar-refractivity contribution < 1.29 is 13.2 Å². The van der Waals surface area contributed by atoms with Crippen LogP contribution in [0.4, 0.5) is 11.4 Å². The Bertz CT molecular complexity index is 806. The molecule has 2 aromatic carbocycles. The molecular formula is C13H12ClN3O3S. The fraction of sp³-hybridized carbons (Fsp3) is 0. The summed E-state index contributed by atoms with van der Waals surface area (Å²) in [6, 6.07) is 10.2. The quantitative estimate of drug-likeness (QED) is 0.746. The molecule has 0 atom stereocenters. The summed E-state index contributed by atoms with van der Waals surface area (Å²) in [5.74, 6) is -0.580. The summed E-state index contributed by atoms with van der Waals surface area (Å²) in [6.45, 7) is 0. The Hall–Kier alpha value is -2.09. The van der Waals surface area contributed by atoms with Crippen molar-refractivity contribution in [2.45, 2.75) is 4.90 Å². The van der Waals surface area contributed by atoms with Gasteiger partial charge in [0.05, 0.1) is 16.3 Å². The molecule has 21 heavy (non-hydrogen) atoms. The first-order valence-electron chi connectivity index (χ1n) is 5.77. The molecule has 2 rings (SSSR count). The van der Waals surface area contributed by atoms with Gasteiger partial charge in [-0.2, -0.15) is 0 Å². The molecule has 0 fully saturated rings. The van der Waals surface area contributed by atoms with Crippen LogP contribution in [-0.2, 0) is 10.0 Å².